The second kappa shape index (κ2) is 10.8. The Hall–Kier alpha value is -2.01. The number of anilines is 1. The summed E-state index contributed by atoms with van der Waals surface area (Å²) in [6.45, 7) is 2.39. The highest BCUT2D eigenvalue weighted by atomic mass is 32.2. The summed E-state index contributed by atoms with van der Waals surface area (Å²) in [5, 5.41) is 5.13. The van der Waals surface area contributed by atoms with Crippen molar-refractivity contribution in [3.05, 3.63) is 29.8 Å². The third-order valence-electron chi connectivity index (χ3n) is 3.03. The maximum atomic E-state index is 12.0. The molecule has 0 aliphatic carbocycles. The fourth-order valence-corrected chi connectivity index (χ4v) is 2.66. The van der Waals surface area contributed by atoms with Crippen LogP contribution < -0.4 is 21.1 Å². The lowest BCUT2D eigenvalue weighted by atomic mass is 10.1. The fourth-order valence-electron chi connectivity index (χ4n) is 1.83. The Bertz CT molecular complexity index is 678. The standard InChI is InChI=1S/C15H24N4O5S/c1-2-24-9-10-25(22,23)18-11-14(20)19-13-6-4-3-5-12(13)15(21)17-8-7-16/h3-6,18H,2,7-11,16H2,1H3,(H,17,21)(H,19,20). The van der Waals surface area contributed by atoms with Crippen LogP contribution in [0.2, 0.25) is 0 Å². The molecule has 1 rings (SSSR count). The van der Waals surface area contributed by atoms with Gasteiger partial charge in [-0.2, -0.15) is 0 Å². The first-order valence-corrected chi connectivity index (χ1v) is 9.47. The molecular formula is C15H24N4O5S. The molecule has 1 aromatic carbocycles. The molecular weight excluding hydrogens is 348 g/mol. The topological polar surface area (TPSA) is 140 Å². The number of amides is 2. The number of nitrogens with two attached hydrogens (primary N) is 1. The van der Waals surface area contributed by atoms with E-state index in [4.69, 9.17) is 10.5 Å². The molecule has 5 N–H and O–H groups in total. The highest BCUT2D eigenvalue weighted by molar-refractivity contribution is 7.89. The average molecular weight is 372 g/mol. The van der Waals surface area contributed by atoms with E-state index >= 15 is 0 Å². The van der Waals surface area contributed by atoms with Gasteiger partial charge in [0.1, 0.15) is 0 Å². The molecule has 0 spiro atoms. The predicted octanol–water partition coefficient (Wildman–Crippen LogP) is -0.730. The summed E-state index contributed by atoms with van der Waals surface area (Å²) in [6.07, 6.45) is 0. The molecule has 0 heterocycles. The van der Waals surface area contributed by atoms with E-state index < -0.39 is 22.5 Å². The van der Waals surface area contributed by atoms with Crippen molar-refractivity contribution in [3.8, 4) is 0 Å². The van der Waals surface area contributed by atoms with E-state index in [1.807, 2.05) is 0 Å². The van der Waals surface area contributed by atoms with Gasteiger partial charge in [-0.15, -0.1) is 0 Å². The normalized spacial score (nSPS) is 11.1. The summed E-state index contributed by atoms with van der Waals surface area (Å²) < 4.78 is 30.6. The molecule has 0 saturated carbocycles. The van der Waals surface area contributed by atoms with Crippen LogP contribution in [0.15, 0.2) is 24.3 Å². The van der Waals surface area contributed by atoms with Gasteiger partial charge in [-0.1, -0.05) is 12.1 Å². The van der Waals surface area contributed by atoms with Crippen molar-refractivity contribution in [3.63, 3.8) is 0 Å². The molecule has 25 heavy (non-hydrogen) atoms. The first-order chi connectivity index (χ1) is 11.9. The maximum Gasteiger partial charge on any atom is 0.253 e. The van der Waals surface area contributed by atoms with Gasteiger partial charge in [0.05, 0.1) is 30.2 Å². The minimum Gasteiger partial charge on any atom is -0.381 e. The van der Waals surface area contributed by atoms with Gasteiger partial charge >= 0.3 is 0 Å². The van der Waals surface area contributed by atoms with Gasteiger partial charge in [0.15, 0.2) is 0 Å². The summed E-state index contributed by atoms with van der Waals surface area (Å²) in [7, 11) is -3.61. The Morgan fingerprint density at radius 1 is 1.24 bits per heavy atom. The molecule has 0 fully saturated rings. The third-order valence-corrected chi connectivity index (χ3v) is 4.32. The molecule has 0 aliphatic rings. The number of hydrogen-bond acceptors (Lipinski definition) is 6. The summed E-state index contributed by atoms with van der Waals surface area (Å²) in [4.78, 5) is 24.0. The van der Waals surface area contributed by atoms with Crippen LogP contribution in [0.3, 0.4) is 0 Å². The van der Waals surface area contributed by atoms with Gasteiger partial charge in [0.2, 0.25) is 15.9 Å². The molecule has 0 atom stereocenters. The Kier molecular flexibility index (Phi) is 9.06. The minimum absolute atomic E-state index is 0.0532. The number of ether oxygens (including phenoxy) is 1. The summed E-state index contributed by atoms with van der Waals surface area (Å²) in [5.41, 5.74) is 5.89. The van der Waals surface area contributed by atoms with E-state index in [2.05, 4.69) is 15.4 Å². The van der Waals surface area contributed by atoms with E-state index in [0.29, 0.717) is 19.7 Å². The molecule has 0 aromatic heterocycles. The molecule has 2 amide bonds. The number of carbonyl (C=O) groups excluding carboxylic acids is 2. The largest absolute Gasteiger partial charge is 0.381 e. The first kappa shape index (κ1) is 21.0. The van der Waals surface area contributed by atoms with Crippen LogP contribution in [0.1, 0.15) is 17.3 Å². The average Bonchev–Trinajstić information content (AvgIpc) is 2.58. The van der Waals surface area contributed by atoms with Gasteiger partial charge in [0.25, 0.3) is 5.91 Å². The molecule has 140 valence electrons. The van der Waals surface area contributed by atoms with E-state index in [1.54, 1.807) is 31.2 Å². The first-order valence-electron chi connectivity index (χ1n) is 7.82. The number of hydrogen-bond donors (Lipinski definition) is 4. The second-order valence-electron chi connectivity index (χ2n) is 4.98. The van der Waals surface area contributed by atoms with Crippen LogP contribution >= 0.6 is 0 Å². The van der Waals surface area contributed by atoms with E-state index in [1.165, 1.54) is 0 Å². The Morgan fingerprint density at radius 2 is 1.96 bits per heavy atom. The number of carbonyl (C=O) groups is 2. The molecule has 0 aliphatic heterocycles. The summed E-state index contributed by atoms with van der Waals surface area (Å²) in [6, 6.07) is 6.41. The van der Waals surface area contributed by atoms with Crippen LogP contribution in [0.5, 0.6) is 0 Å². The Labute approximate surface area is 147 Å². The molecule has 10 heteroatoms. The van der Waals surface area contributed by atoms with Crippen molar-refractivity contribution in [1.82, 2.24) is 10.0 Å². The van der Waals surface area contributed by atoms with Gasteiger partial charge in [-0.05, 0) is 19.1 Å². The molecule has 1 aromatic rings. The minimum atomic E-state index is -3.61. The molecule has 0 saturated heterocycles. The van der Waals surface area contributed by atoms with Crippen LogP contribution in [0.25, 0.3) is 0 Å². The van der Waals surface area contributed by atoms with E-state index in [9.17, 15) is 18.0 Å². The number of para-hydroxylation sites is 1. The zero-order valence-corrected chi connectivity index (χ0v) is 14.9. The van der Waals surface area contributed by atoms with Gasteiger partial charge in [-0.3, -0.25) is 9.59 Å². The van der Waals surface area contributed by atoms with Gasteiger partial charge in [-0.25, -0.2) is 13.1 Å². The van der Waals surface area contributed by atoms with Gasteiger partial charge < -0.3 is 21.1 Å². The lowest BCUT2D eigenvalue weighted by molar-refractivity contribution is -0.115. The Morgan fingerprint density at radius 3 is 2.64 bits per heavy atom. The lowest BCUT2D eigenvalue weighted by Gasteiger charge is -2.12. The highest BCUT2D eigenvalue weighted by Crippen LogP contribution is 2.14. The quantitative estimate of drug-likeness (QED) is 0.378. The molecule has 9 nitrogen and oxygen atoms in total. The molecule has 0 bridgehead atoms. The van der Waals surface area contributed by atoms with Crippen LogP contribution in [0.4, 0.5) is 5.69 Å². The second-order valence-corrected chi connectivity index (χ2v) is 6.90. The summed E-state index contributed by atoms with van der Waals surface area (Å²) in [5.74, 6) is -1.19. The van der Waals surface area contributed by atoms with Crippen molar-refractivity contribution < 1.29 is 22.7 Å². The van der Waals surface area contributed by atoms with E-state index in [-0.39, 0.29) is 29.5 Å². The molecule has 0 unspecified atom stereocenters. The number of benzene rings is 1. The van der Waals surface area contributed by atoms with Crippen molar-refractivity contribution in [2.75, 3.05) is 43.9 Å². The SMILES string of the molecule is CCOCCS(=O)(=O)NCC(=O)Nc1ccccc1C(=O)NCCN. The van der Waals surface area contributed by atoms with Crippen molar-refractivity contribution in [2.45, 2.75) is 6.92 Å². The van der Waals surface area contributed by atoms with Crippen molar-refractivity contribution in [2.24, 2.45) is 5.73 Å². The Balaban J connectivity index is 2.61. The number of sulfonamides is 1. The van der Waals surface area contributed by atoms with Crippen LogP contribution in [-0.2, 0) is 19.6 Å². The predicted molar refractivity (Wildman–Crippen MR) is 94.7 cm³/mol. The highest BCUT2D eigenvalue weighted by Gasteiger charge is 2.15. The zero-order valence-electron chi connectivity index (χ0n) is 14.1. The maximum absolute atomic E-state index is 12.0. The van der Waals surface area contributed by atoms with Crippen molar-refractivity contribution in [1.29, 1.82) is 0 Å². The number of nitrogens with one attached hydrogen (secondary N) is 3. The molecule has 0 radical (unpaired) electrons. The number of rotatable bonds is 11. The zero-order chi connectivity index (χ0) is 18.7. The third kappa shape index (κ3) is 8.07. The smallest absolute Gasteiger partial charge is 0.253 e. The van der Waals surface area contributed by atoms with E-state index in [0.717, 1.165) is 0 Å². The van der Waals surface area contributed by atoms with Crippen molar-refractivity contribution >= 4 is 27.5 Å². The van der Waals surface area contributed by atoms with Crippen LogP contribution in [0, 0.1) is 0 Å². The fraction of sp³-hybridized carbons (Fsp3) is 0.467. The lowest BCUT2D eigenvalue weighted by Crippen LogP contribution is -2.36. The monoisotopic (exact) mass is 372 g/mol. The van der Waals surface area contributed by atoms with Crippen LogP contribution in [-0.4, -0.2) is 58.8 Å². The summed E-state index contributed by atoms with van der Waals surface area (Å²) >= 11 is 0. The van der Waals surface area contributed by atoms with Gasteiger partial charge in [0, 0.05) is 19.7 Å².